The van der Waals surface area contributed by atoms with Crippen LogP contribution in [-0.4, -0.2) is 13.7 Å². The van der Waals surface area contributed by atoms with Gasteiger partial charge in [-0.05, 0) is 94.8 Å². The van der Waals surface area contributed by atoms with E-state index in [1.807, 2.05) is 54.6 Å². The van der Waals surface area contributed by atoms with E-state index >= 15 is 0 Å². The van der Waals surface area contributed by atoms with Crippen LogP contribution >= 0.6 is 0 Å². The zero-order valence-electron chi connectivity index (χ0n) is 50.4. The number of fused-ring (bicyclic) bond motifs is 9. The summed E-state index contributed by atoms with van der Waals surface area (Å²) >= 11 is 0. The molecule has 12 rings (SSSR count). The van der Waals surface area contributed by atoms with Crippen LogP contribution in [0.2, 0.25) is 0 Å². The van der Waals surface area contributed by atoms with Crippen molar-refractivity contribution in [2.75, 3.05) is 0 Å². The van der Waals surface area contributed by atoms with E-state index in [0.29, 0.717) is 5.69 Å². The maximum absolute atomic E-state index is 10.1. The fourth-order valence-corrected chi connectivity index (χ4v) is 7.75. The number of hydrogen-bond donors (Lipinski definition) is 0. The first-order valence-electron chi connectivity index (χ1n) is 28.4. The summed E-state index contributed by atoms with van der Waals surface area (Å²) in [5.74, 6) is 0. The third-order valence-electron chi connectivity index (χ3n) is 10.3. The Morgan fingerprint density at radius 3 is 1.19 bits per heavy atom. The average molecular weight is 747 g/mol. The van der Waals surface area contributed by atoms with Crippen molar-refractivity contribution in [1.29, 1.82) is 0 Å². The molecule has 0 saturated carbocycles. The van der Waals surface area contributed by atoms with Crippen LogP contribution in [0.15, 0.2) is 212 Å². The summed E-state index contributed by atoms with van der Waals surface area (Å²) in [6.07, 6.45) is 0. The van der Waals surface area contributed by atoms with Gasteiger partial charge in [0.1, 0.15) is 0 Å². The summed E-state index contributed by atoms with van der Waals surface area (Å²) in [5, 5.41) is -1.65. The van der Waals surface area contributed by atoms with Gasteiger partial charge in [-0.2, -0.15) is 0 Å². The Labute approximate surface area is 359 Å². The zero-order chi connectivity index (χ0) is 55.7. The highest BCUT2D eigenvalue weighted by Gasteiger charge is 2.18. The van der Waals surface area contributed by atoms with Gasteiger partial charge in [0.15, 0.2) is 0 Å². The van der Waals surface area contributed by atoms with Gasteiger partial charge in [-0.3, -0.25) is 0 Å². The van der Waals surface area contributed by atoms with Crippen LogP contribution in [0.3, 0.4) is 0 Å². The zero-order valence-corrected chi connectivity index (χ0v) is 29.4. The topological polar surface area (TPSA) is 14.8 Å². The average Bonchev–Trinajstić information content (AvgIpc) is 4.14. The molecule has 0 saturated heterocycles. The van der Waals surface area contributed by atoms with Gasteiger partial charge in [-0.15, -0.1) is 0 Å². The Balaban J connectivity index is 1.18. The van der Waals surface area contributed by atoms with Crippen molar-refractivity contribution in [3.05, 3.63) is 212 Å². The van der Waals surface area contributed by atoms with Gasteiger partial charge >= 0.3 is 0 Å². The van der Waals surface area contributed by atoms with Crippen molar-refractivity contribution in [2.24, 2.45) is 0 Å². The van der Waals surface area contributed by atoms with Gasteiger partial charge in [0.25, 0.3) is 0 Å². The normalized spacial score (nSPS) is 17.0. The second kappa shape index (κ2) is 12.5. The molecule has 3 aromatic heterocycles. The van der Waals surface area contributed by atoms with Crippen molar-refractivity contribution in [3.63, 3.8) is 0 Å². The van der Waals surface area contributed by atoms with Gasteiger partial charge < -0.3 is 13.7 Å². The summed E-state index contributed by atoms with van der Waals surface area (Å²) in [4.78, 5) is 0. The van der Waals surface area contributed by atoms with Gasteiger partial charge in [0.2, 0.25) is 0 Å². The van der Waals surface area contributed by atoms with E-state index in [2.05, 4.69) is 0 Å². The minimum Gasteiger partial charge on any atom is -0.309 e. The van der Waals surface area contributed by atoms with Crippen molar-refractivity contribution >= 4 is 65.4 Å². The molecule has 0 radical (unpaired) electrons. The predicted octanol–water partition coefficient (Wildman–Crippen LogP) is 14.3. The molecule has 12 aromatic rings. The molecule has 0 unspecified atom stereocenters. The number of benzene rings is 9. The van der Waals surface area contributed by atoms with E-state index in [1.54, 1.807) is 24.3 Å². The molecule has 3 nitrogen and oxygen atoms in total. The van der Waals surface area contributed by atoms with Gasteiger partial charge in [-0.1, -0.05) is 139 Å². The third-order valence-corrected chi connectivity index (χ3v) is 10.3. The number of aromatic nitrogens is 3. The van der Waals surface area contributed by atoms with Crippen molar-refractivity contribution in [1.82, 2.24) is 13.7 Å². The van der Waals surface area contributed by atoms with Gasteiger partial charge in [0.05, 0.1) is 61.9 Å². The molecule has 0 atom stereocenters. The molecule has 0 aliphatic carbocycles. The molecule has 3 heterocycles. The monoisotopic (exact) mass is 746 g/mol. The molecule has 0 spiro atoms. The first-order chi connectivity index (χ1) is 37.0. The van der Waals surface area contributed by atoms with Crippen LogP contribution < -0.4 is 0 Å². The molecule has 0 amide bonds. The van der Waals surface area contributed by atoms with E-state index in [0.717, 1.165) is 31.4 Å². The summed E-state index contributed by atoms with van der Waals surface area (Å²) < 4.78 is 195. The van der Waals surface area contributed by atoms with Crippen molar-refractivity contribution in [2.45, 2.75) is 0 Å². The van der Waals surface area contributed by atoms with E-state index < -0.39 is 149 Å². The highest BCUT2D eigenvalue weighted by Crippen LogP contribution is 2.39. The van der Waals surface area contributed by atoms with Crippen molar-refractivity contribution < 1.29 is 28.8 Å². The smallest absolute Gasteiger partial charge is 0.0652 e. The molecule has 3 heteroatoms. The Kier molecular flexibility index (Phi) is 3.81. The molecule has 0 fully saturated rings. The largest absolute Gasteiger partial charge is 0.309 e. The minimum absolute atomic E-state index is 0.139. The molecule has 0 aliphatic heterocycles. The van der Waals surface area contributed by atoms with E-state index in [4.69, 9.17) is 16.4 Å². The van der Waals surface area contributed by atoms with E-state index in [1.165, 1.54) is 10.6 Å². The minimum atomic E-state index is -0.782. The Bertz CT molecular complexity index is 4640. The van der Waals surface area contributed by atoms with Crippen LogP contribution in [0.1, 0.15) is 28.8 Å². The fraction of sp³-hybridized carbons (Fsp3) is 0. The maximum atomic E-state index is 10.1. The standard InChI is InChI=1S/C54H35N3/c1-2-12-36(13-3-1)37-22-24-38(25-23-37)39-26-28-40(29-27-39)55-51-20-10-6-16-45(51)47-35-42(30-32-53(47)55)57-52-21-11-7-17-46(52)48-34-41(31-33-54(48)57)56-49-18-8-4-14-43(49)44-15-5-9-19-50(44)56/h1-35H/i4D,5D,6D,7D,8D,9D,10D,11D,14D,15D,16D,17D,18D,19D,20D,21D,30D,31D,32D,33D,35D. The van der Waals surface area contributed by atoms with Gasteiger partial charge in [0, 0.05) is 49.4 Å². The highest BCUT2D eigenvalue weighted by atomic mass is 15.0. The highest BCUT2D eigenvalue weighted by molar-refractivity contribution is 6.14. The SMILES string of the molecule is [2H]c1c([2H])c([2H])c2c(c1[2H])c1cc(-n3c4c([2H])c([2H])c([2H])c([2H])c4c4c([2H])c([2H])c([2H])c([2H])c43)c([2H])c([2H])c1n2-c1c([2H])c([2H])c2c(c1[2H])c1c([2H])c([2H])c([2H])c([2H])c1n2-c1ccc(-c2ccc(-c3ccccc3)cc2)cc1. The molecular formula is C54H35N3. The lowest BCUT2D eigenvalue weighted by Crippen LogP contribution is -1.96. The van der Waals surface area contributed by atoms with Crippen LogP contribution in [0.25, 0.3) is 105 Å². The molecule has 0 aliphatic rings. The Hall–Kier alpha value is -7.62. The quantitative estimate of drug-likeness (QED) is 0.167. The molecule has 0 bridgehead atoms. The molecule has 9 aromatic carbocycles. The van der Waals surface area contributed by atoms with Crippen LogP contribution in [-0.2, 0) is 0 Å². The molecule has 57 heavy (non-hydrogen) atoms. The maximum Gasteiger partial charge on any atom is 0.0652 e. The summed E-state index contributed by atoms with van der Waals surface area (Å²) in [6.45, 7) is 0. The molecular weight excluding hydrogens is 691 g/mol. The number of rotatable bonds is 5. The van der Waals surface area contributed by atoms with E-state index in [-0.39, 0.29) is 54.4 Å². The summed E-state index contributed by atoms with van der Waals surface area (Å²) in [7, 11) is 0. The molecule has 266 valence electrons. The summed E-state index contributed by atoms with van der Waals surface area (Å²) in [5.41, 5.74) is 1.10. The number of nitrogens with zero attached hydrogens (tertiary/aromatic N) is 3. The van der Waals surface area contributed by atoms with Crippen molar-refractivity contribution in [3.8, 4) is 39.3 Å². The second-order valence-electron chi connectivity index (χ2n) is 13.4. The van der Waals surface area contributed by atoms with E-state index in [9.17, 15) is 12.3 Å². The fourth-order valence-electron chi connectivity index (χ4n) is 7.75. The Morgan fingerprint density at radius 1 is 0.281 bits per heavy atom. The van der Waals surface area contributed by atoms with Crippen LogP contribution in [0.4, 0.5) is 0 Å². The third kappa shape index (κ3) is 4.86. The number of hydrogen-bond acceptors (Lipinski definition) is 0. The molecule has 0 N–H and O–H groups in total. The first-order valence-corrected chi connectivity index (χ1v) is 17.9. The first kappa shape index (κ1) is 17.5. The predicted molar refractivity (Wildman–Crippen MR) is 240 cm³/mol. The van der Waals surface area contributed by atoms with Crippen LogP contribution in [0.5, 0.6) is 0 Å². The second-order valence-corrected chi connectivity index (χ2v) is 13.4. The summed E-state index contributed by atoms with van der Waals surface area (Å²) in [6, 6.07) is 11.2. The van der Waals surface area contributed by atoms with Crippen LogP contribution in [0, 0.1) is 0 Å². The lowest BCUT2D eigenvalue weighted by molar-refractivity contribution is 1.16. The Morgan fingerprint density at radius 2 is 0.649 bits per heavy atom. The lowest BCUT2D eigenvalue weighted by atomic mass is 10.0. The lowest BCUT2D eigenvalue weighted by Gasteiger charge is -2.12. The number of para-hydroxylation sites is 4. The van der Waals surface area contributed by atoms with Gasteiger partial charge in [-0.25, -0.2) is 0 Å².